The molecular formula is C24H18N2O4. The van der Waals surface area contributed by atoms with Crippen molar-refractivity contribution >= 4 is 22.1 Å². The van der Waals surface area contributed by atoms with Gasteiger partial charge in [-0.2, -0.15) is 0 Å². The highest BCUT2D eigenvalue weighted by Gasteiger charge is 2.11. The molecule has 0 aliphatic carbocycles. The number of phenolic OH excluding ortho intramolecular Hbond substituents is 2. The number of benzene rings is 4. The lowest BCUT2D eigenvalue weighted by molar-refractivity contribution is 0.466. The van der Waals surface area contributed by atoms with E-state index in [0.717, 1.165) is 10.8 Å². The summed E-state index contributed by atoms with van der Waals surface area (Å²) in [6, 6.07) is 18.4. The molecule has 0 saturated heterocycles. The average molecular weight is 398 g/mol. The Balaban J connectivity index is 1.67. The Morgan fingerprint density at radius 2 is 1.27 bits per heavy atom. The van der Waals surface area contributed by atoms with Crippen molar-refractivity contribution in [2.24, 2.45) is 0 Å². The van der Waals surface area contributed by atoms with Gasteiger partial charge in [-0.3, -0.25) is 0 Å². The van der Waals surface area contributed by atoms with Crippen molar-refractivity contribution in [3.63, 3.8) is 0 Å². The monoisotopic (exact) mass is 398 g/mol. The highest BCUT2D eigenvalue weighted by molar-refractivity contribution is 5.91. The van der Waals surface area contributed by atoms with Gasteiger partial charge < -0.3 is 31.2 Å². The summed E-state index contributed by atoms with van der Waals surface area (Å²) in [6.45, 7) is 0. The molecule has 0 fully saturated rings. The van der Waals surface area contributed by atoms with Gasteiger partial charge in [0.25, 0.3) is 0 Å². The molecule has 0 saturated carbocycles. The predicted molar refractivity (Wildman–Crippen MR) is 117 cm³/mol. The number of anilines is 2. The second kappa shape index (κ2) is 7.49. The number of nitrogen functional groups attached to an aromatic ring is 2. The van der Waals surface area contributed by atoms with Crippen LogP contribution in [0.15, 0.2) is 66.7 Å². The predicted octanol–water partition coefficient (Wildman–Crippen LogP) is 4.98. The van der Waals surface area contributed by atoms with Gasteiger partial charge in [-0.1, -0.05) is 12.0 Å². The van der Waals surface area contributed by atoms with E-state index in [1.807, 2.05) is 18.2 Å². The Bertz CT molecular complexity index is 1310. The summed E-state index contributed by atoms with van der Waals surface area (Å²) in [5, 5.41) is 20.8. The molecule has 4 rings (SSSR count). The minimum Gasteiger partial charge on any atom is -0.506 e. The third-order valence-electron chi connectivity index (χ3n) is 4.56. The van der Waals surface area contributed by atoms with Gasteiger partial charge in [-0.05, 0) is 53.9 Å². The number of fused-ring (bicyclic) bond motifs is 1. The van der Waals surface area contributed by atoms with Gasteiger partial charge in [-0.15, -0.1) is 6.42 Å². The van der Waals surface area contributed by atoms with Gasteiger partial charge >= 0.3 is 0 Å². The zero-order valence-corrected chi connectivity index (χ0v) is 15.8. The summed E-state index contributed by atoms with van der Waals surface area (Å²) in [7, 11) is 0. The first-order valence-corrected chi connectivity index (χ1v) is 9.00. The SMILES string of the molecule is C#Cc1c(Oc2ccc(O)c(N)c2)ccc2cc(Oc3ccc(O)c(N)c3)ccc12. The average Bonchev–Trinajstić information content (AvgIpc) is 2.73. The molecule has 6 nitrogen and oxygen atoms in total. The quantitative estimate of drug-likeness (QED) is 0.219. The van der Waals surface area contributed by atoms with Gasteiger partial charge in [0.1, 0.15) is 34.5 Å². The molecule has 6 heteroatoms. The first-order chi connectivity index (χ1) is 14.4. The van der Waals surface area contributed by atoms with Crippen molar-refractivity contribution in [2.75, 3.05) is 11.5 Å². The van der Waals surface area contributed by atoms with Crippen molar-refractivity contribution in [2.45, 2.75) is 0 Å². The molecule has 30 heavy (non-hydrogen) atoms. The minimum absolute atomic E-state index is 0.00226. The zero-order valence-electron chi connectivity index (χ0n) is 15.8. The van der Waals surface area contributed by atoms with E-state index in [1.54, 1.807) is 30.3 Å². The standard InChI is InChI=1S/C24H18N2O4/c1-2-18-19-7-4-15(29-16-5-8-22(27)20(25)12-16)11-14(19)3-10-24(18)30-17-6-9-23(28)21(26)13-17/h1,3-13,27-28H,25-26H2. The Kier molecular flexibility index (Phi) is 4.71. The van der Waals surface area contributed by atoms with E-state index in [0.29, 0.717) is 28.6 Å². The molecule has 0 spiro atoms. The van der Waals surface area contributed by atoms with E-state index in [9.17, 15) is 10.2 Å². The fourth-order valence-corrected chi connectivity index (χ4v) is 3.04. The van der Waals surface area contributed by atoms with E-state index in [4.69, 9.17) is 27.4 Å². The molecule has 0 aliphatic rings. The summed E-state index contributed by atoms with van der Waals surface area (Å²) in [6.07, 6.45) is 5.75. The fourth-order valence-electron chi connectivity index (χ4n) is 3.04. The smallest absolute Gasteiger partial charge is 0.143 e. The van der Waals surface area contributed by atoms with Crippen LogP contribution in [-0.4, -0.2) is 10.2 Å². The van der Waals surface area contributed by atoms with Crippen LogP contribution in [-0.2, 0) is 0 Å². The number of hydrogen-bond acceptors (Lipinski definition) is 6. The maximum absolute atomic E-state index is 9.57. The lowest BCUT2D eigenvalue weighted by atomic mass is 10.0. The highest BCUT2D eigenvalue weighted by Crippen LogP contribution is 2.36. The van der Waals surface area contributed by atoms with Crippen LogP contribution in [0.5, 0.6) is 34.5 Å². The lowest BCUT2D eigenvalue weighted by Crippen LogP contribution is -1.93. The topological polar surface area (TPSA) is 111 Å². The molecule has 0 atom stereocenters. The maximum Gasteiger partial charge on any atom is 0.143 e. The van der Waals surface area contributed by atoms with Crippen LogP contribution in [0.4, 0.5) is 11.4 Å². The summed E-state index contributed by atoms with van der Waals surface area (Å²) in [5.41, 5.74) is 12.5. The van der Waals surface area contributed by atoms with E-state index in [1.165, 1.54) is 18.2 Å². The van der Waals surface area contributed by atoms with Crippen LogP contribution in [0, 0.1) is 12.3 Å². The molecule has 0 radical (unpaired) electrons. The molecule has 0 aromatic heterocycles. The van der Waals surface area contributed by atoms with E-state index < -0.39 is 0 Å². The zero-order chi connectivity index (χ0) is 21.3. The summed E-state index contributed by atoms with van der Waals surface area (Å²) >= 11 is 0. The second-order valence-corrected chi connectivity index (χ2v) is 6.61. The van der Waals surface area contributed by atoms with Crippen molar-refractivity contribution in [1.82, 2.24) is 0 Å². The van der Waals surface area contributed by atoms with E-state index >= 15 is 0 Å². The van der Waals surface area contributed by atoms with Gasteiger partial charge in [0.05, 0.1) is 16.9 Å². The van der Waals surface area contributed by atoms with Gasteiger partial charge in [0, 0.05) is 17.5 Å². The van der Waals surface area contributed by atoms with E-state index in [2.05, 4.69) is 5.92 Å². The van der Waals surface area contributed by atoms with Crippen LogP contribution in [0.1, 0.15) is 5.56 Å². The molecule has 0 bridgehead atoms. The van der Waals surface area contributed by atoms with Crippen LogP contribution >= 0.6 is 0 Å². The fraction of sp³-hybridized carbons (Fsp3) is 0. The third kappa shape index (κ3) is 3.60. The van der Waals surface area contributed by atoms with Crippen molar-refractivity contribution in [1.29, 1.82) is 0 Å². The van der Waals surface area contributed by atoms with Crippen molar-refractivity contribution in [3.8, 4) is 46.8 Å². The molecule has 6 N–H and O–H groups in total. The number of hydrogen-bond donors (Lipinski definition) is 4. The lowest BCUT2D eigenvalue weighted by Gasteiger charge is -2.13. The summed E-state index contributed by atoms with van der Waals surface area (Å²) in [4.78, 5) is 0. The normalized spacial score (nSPS) is 10.5. The number of terminal acetylenes is 1. The van der Waals surface area contributed by atoms with Crippen molar-refractivity contribution in [3.05, 3.63) is 72.3 Å². The molecule has 4 aromatic carbocycles. The highest BCUT2D eigenvalue weighted by atomic mass is 16.5. The minimum atomic E-state index is -0.0130. The number of rotatable bonds is 4. The van der Waals surface area contributed by atoms with Gasteiger partial charge in [0.15, 0.2) is 0 Å². The Labute approximate surface area is 172 Å². The first kappa shape index (κ1) is 18.8. The molecule has 0 aliphatic heterocycles. The number of aromatic hydroxyl groups is 2. The first-order valence-electron chi connectivity index (χ1n) is 9.00. The van der Waals surface area contributed by atoms with E-state index in [-0.39, 0.29) is 22.9 Å². The van der Waals surface area contributed by atoms with Gasteiger partial charge in [0.2, 0.25) is 0 Å². The molecular weight excluding hydrogens is 380 g/mol. The molecule has 4 aromatic rings. The van der Waals surface area contributed by atoms with Crippen LogP contribution in [0.2, 0.25) is 0 Å². The number of phenols is 2. The Morgan fingerprint density at radius 1 is 0.700 bits per heavy atom. The maximum atomic E-state index is 9.57. The molecule has 0 amide bonds. The molecule has 0 unspecified atom stereocenters. The summed E-state index contributed by atoms with van der Waals surface area (Å²) < 4.78 is 11.7. The largest absolute Gasteiger partial charge is 0.506 e. The van der Waals surface area contributed by atoms with Crippen LogP contribution < -0.4 is 20.9 Å². The Morgan fingerprint density at radius 3 is 1.87 bits per heavy atom. The Hall–Kier alpha value is -4.50. The van der Waals surface area contributed by atoms with Crippen LogP contribution in [0.3, 0.4) is 0 Å². The summed E-state index contributed by atoms with van der Waals surface area (Å²) in [5.74, 6) is 4.72. The molecule has 148 valence electrons. The van der Waals surface area contributed by atoms with Gasteiger partial charge in [-0.25, -0.2) is 0 Å². The number of nitrogens with two attached hydrogens (primary N) is 2. The second-order valence-electron chi connectivity index (χ2n) is 6.61. The molecule has 0 heterocycles. The van der Waals surface area contributed by atoms with Crippen molar-refractivity contribution < 1.29 is 19.7 Å². The number of ether oxygens (including phenoxy) is 2. The third-order valence-corrected chi connectivity index (χ3v) is 4.56. The van der Waals surface area contributed by atoms with Crippen LogP contribution in [0.25, 0.3) is 10.8 Å².